The third kappa shape index (κ3) is 5.14. The molecular formula is C11H8BrF5O2. The van der Waals surface area contributed by atoms with Gasteiger partial charge in [-0.15, -0.1) is 13.2 Å². The van der Waals surface area contributed by atoms with Crippen LogP contribution in [0.25, 0.3) is 0 Å². The average molecular weight is 347 g/mol. The van der Waals surface area contributed by atoms with E-state index in [1.807, 2.05) is 0 Å². The third-order valence-electron chi connectivity index (χ3n) is 2.09. The van der Waals surface area contributed by atoms with Gasteiger partial charge in [-0.1, -0.05) is 22.0 Å². The number of benzene rings is 1. The van der Waals surface area contributed by atoms with E-state index in [2.05, 4.69) is 20.7 Å². The highest BCUT2D eigenvalue weighted by molar-refractivity contribution is 9.09. The maximum absolute atomic E-state index is 12.5. The van der Waals surface area contributed by atoms with Crippen LogP contribution in [0.1, 0.15) is 17.6 Å². The van der Waals surface area contributed by atoms with Crippen LogP contribution < -0.4 is 4.74 Å². The monoisotopic (exact) mass is 346 g/mol. The molecule has 1 aromatic carbocycles. The predicted octanol–water partition coefficient (Wildman–Crippen LogP) is 4.03. The third-order valence-corrected chi connectivity index (χ3v) is 2.71. The van der Waals surface area contributed by atoms with Gasteiger partial charge in [-0.3, -0.25) is 4.79 Å². The van der Waals surface area contributed by atoms with Gasteiger partial charge in [-0.05, 0) is 17.7 Å². The first kappa shape index (κ1) is 15.9. The van der Waals surface area contributed by atoms with Crippen molar-refractivity contribution in [3.05, 3.63) is 29.3 Å². The standard InChI is InChI=1S/C11H8BrF5O2/c12-5-7(18)3-6-1-2-8(10(13)14)9(4-6)19-11(15,16)17/h1-2,4,10H,3,5H2. The Kier molecular flexibility index (Phi) is 5.28. The molecule has 1 rings (SSSR count). The highest BCUT2D eigenvalue weighted by Gasteiger charge is 2.33. The first-order valence-corrected chi connectivity index (χ1v) is 6.09. The Balaban J connectivity index is 3.07. The SMILES string of the molecule is O=C(CBr)Cc1ccc(C(F)F)c(OC(F)(F)F)c1. The summed E-state index contributed by atoms with van der Waals surface area (Å²) in [5, 5.41) is 0.0268. The molecule has 0 unspecified atom stereocenters. The van der Waals surface area contributed by atoms with Crippen LogP contribution in [0.15, 0.2) is 18.2 Å². The fraction of sp³-hybridized carbons (Fsp3) is 0.364. The van der Waals surface area contributed by atoms with Gasteiger partial charge in [0.2, 0.25) is 0 Å². The van der Waals surface area contributed by atoms with Gasteiger partial charge in [0.15, 0.2) is 0 Å². The minimum absolute atomic E-state index is 0.0268. The van der Waals surface area contributed by atoms with Gasteiger partial charge in [0.1, 0.15) is 11.5 Å². The smallest absolute Gasteiger partial charge is 0.405 e. The number of hydrogen-bond donors (Lipinski definition) is 0. The molecule has 0 spiro atoms. The van der Waals surface area contributed by atoms with Crippen molar-refractivity contribution in [1.29, 1.82) is 0 Å². The number of Topliss-reactive ketones (excluding diaryl/α,β-unsaturated/α-hetero) is 1. The van der Waals surface area contributed by atoms with E-state index >= 15 is 0 Å². The van der Waals surface area contributed by atoms with Crippen molar-refractivity contribution in [3.8, 4) is 5.75 Å². The quantitative estimate of drug-likeness (QED) is 0.594. The maximum atomic E-state index is 12.5. The predicted molar refractivity (Wildman–Crippen MR) is 60.6 cm³/mol. The van der Waals surface area contributed by atoms with Crippen molar-refractivity contribution in [2.45, 2.75) is 19.2 Å². The van der Waals surface area contributed by atoms with E-state index in [0.717, 1.165) is 12.1 Å². The van der Waals surface area contributed by atoms with E-state index in [1.165, 1.54) is 6.07 Å². The Morgan fingerprint density at radius 1 is 1.32 bits per heavy atom. The van der Waals surface area contributed by atoms with Crippen LogP contribution in [-0.4, -0.2) is 17.5 Å². The van der Waals surface area contributed by atoms with E-state index in [-0.39, 0.29) is 23.1 Å². The molecule has 1 aromatic rings. The Labute approximate surface area is 113 Å². The summed E-state index contributed by atoms with van der Waals surface area (Å²) in [6.45, 7) is 0. The van der Waals surface area contributed by atoms with Gasteiger partial charge >= 0.3 is 6.36 Å². The van der Waals surface area contributed by atoms with Crippen LogP contribution in [0.2, 0.25) is 0 Å². The summed E-state index contributed by atoms with van der Waals surface area (Å²) in [5.41, 5.74) is -0.694. The van der Waals surface area contributed by atoms with Crippen LogP contribution >= 0.6 is 15.9 Å². The molecule has 0 saturated heterocycles. The van der Waals surface area contributed by atoms with Gasteiger partial charge in [-0.2, -0.15) is 0 Å². The summed E-state index contributed by atoms with van der Waals surface area (Å²) in [4.78, 5) is 11.1. The lowest BCUT2D eigenvalue weighted by molar-refractivity contribution is -0.275. The van der Waals surface area contributed by atoms with Crippen LogP contribution in [0, 0.1) is 0 Å². The van der Waals surface area contributed by atoms with Crippen molar-refractivity contribution in [1.82, 2.24) is 0 Å². The lowest BCUT2D eigenvalue weighted by atomic mass is 10.1. The molecular weight excluding hydrogens is 339 g/mol. The molecule has 106 valence electrons. The van der Waals surface area contributed by atoms with Gasteiger partial charge in [-0.25, -0.2) is 8.78 Å². The highest BCUT2D eigenvalue weighted by atomic mass is 79.9. The molecule has 0 atom stereocenters. The Morgan fingerprint density at radius 3 is 2.42 bits per heavy atom. The molecule has 0 heterocycles. The van der Waals surface area contributed by atoms with Crippen LogP contribution in [0.4, 0.5) is 22.0 Å². The van der Waals surface area contributed by atoms with Gasteiger partial charge in [0.25, 0.3) is 6.43 Å². The Hall–Kier alpha value is -1.18. The van der Waals surface area contributed by atoms with Crippen molar-refractivity contribution in [3.63, 3.8) is 0 Å². The van der Waals surface area contributed by atoms with Crippen molar-refractivity contribution in [2.24, 2.45) is 0 Å². The second kappa shape index (κ2) is 6.31. The van der Waals surface area contributed by atoms with E-state index in [1.54, 1.807) is 0 Å². The molecule has 0 saturated carbocycles. The fourth-order valence-corrected chi connectivity index (χ4v) is 1.56. The molecule has 0 bridgehead atoms. The van der Waals surface area contributed by atoms with Crippen LogP contribution in [0.5, 0.6) is 5.75 Å². The molecule has 0 N–H and O–H groups in total. The van der Waals surface area contributed by atoms with E-state index in [4.69, 9.17) is 0 Å². The van der Waals surface area contributed by atoms with E-state index in [0.29, 0.717) is 0 Å². The second-order valence-electron chi connectivity index (χ2n) is 3.57. The molecule has 0 aromatic heterocycles. The Morgan fingerprint density at radius 2 is 1.95 bits per heavy atom. The van der Waals surface area contributed by atoms with Crippen LogP contribution in [-0.2, 0) is 11.2 Å². The minimum atomic E-state index is -5.07. The molecule has 0 aliphatic rings. The molecule has 0 radical (unpaired) electrons. The summed E-state index contributed by atoms with van der Waals surface area (Å²) in [6, 6.07) is 2.80. The van der Waals surface area contributed by atoms with Gasteiger partial charge in [0, 0.05) is 6.42 Å². The molecule has 0 amide bonds. The average Bonchev–Trinajstić information content (AvgIpc) is 2.26. The lowest BCUT2D eigenvalue weighted by Gasteiger charge is -2.14. The van der Waals surface area contributed by atoms with Crippen LogP contribution in [0.3, 0.4) is 0 Å². The van der Waals surface area contributed by atoms with E-state index < -0.39 is 24.1 Å². The zero-order valence-corrected chi connectivity index (χ0v) is 10.9. The summed E-state index contributed by atoms with van der Waals surface area (Å²) in [6.07, 6.45) is -8.33. The fourth-order valence-electron chi connectivity index (χ4n) is 1.36. The highest BCUT2D eigenvalue weighted by Crippen LogP contribution is 2.33. The molecule has 0 aliphatic carbocycles. The number of alkyl halides is 6. The summed E-state index contributed by atoms with van der Waals surface area (Å²) >= 11 is 2.90. The summed E-state index contributed by atoms with van der Waals surface area (Å²) in [5.74, 6) is -1.27. The number of halogens is 6. The molecule has 8 heteroatoms. The first-order valence-electron chi connectivity index (χ1n) is 4.97. The number of carbonyl (C=O) groups is 1. The van der Waals surface area contributed by atoms with Gasteiger partial charge in [0.05, 0.1) is 10.9 Å². The molecule has 0 aliphatic heterocycles. The summed E-state index contributed by atoms with van der Waals surface area (Å²) < 4.78 is 64.9. The first-order chi connectivity index (χ1) is 8.73. The normalized spacial score (nSPS) is 11.7. The maximum Gasteiger partial charge on any atom is 0.573 e. The second-order valence-corrected chi connectivity index (χ2v) is 4.13. The lowest BCUT2D eigenvalue weighted by Crippen LogP contribution is -2.18. The summed E-state index contributed by atoms with van der Waals surface area (Å²) in [7, 11) is 0. The molecule has 19 heavy (non-hydrogen) atoms. The molecule has 2 nitrogen and oxygen atoms in total. The van der Waals surface area contributed by atoms with Gasteiger partial charge < -0.3 is 4.74 Å². The van der Waals surface area contributed by atoms with E-state index in [9.17, 15) is 26.7 Å². The van der Waals surface area contributed by atoms with Crippen molar-refractivity contribution >= 4 is 21.7 Å². The zero-order valence-electron chi connectivity index (χ0n) is 9.31. The Bertz CT molecular complexity index is 459. The number of rotatable bonds is 5. The number of ketones is 1. The van der Waals surface area contributed by atoms with Crippen molar-refractivity contribution in [2.75, 3.05) is 5.33 Å². The number of ether oxygens (including phenoxy) is 1. The minimum Gasteiger partial charge on any atom is -0.405 e. The van der Waals surface area contributed by atoms with Crippen molar-refractivity contribution < 1.29 is 31.5 Å². The topological polar surface area (TPSA) is 26.3 Å². The largest absolute Gasteiger partial charge is 0.573 e. The molecule has 0 fully saturated rings. The number of hydrogen-bond acceptors (Lipinski definition) is 2. The zero-order chi connectivity index (χ0) is 14.6. The number of carbonyl (C=O) groups excluding carboxylic acids is 1.